The quantitative estimate of drug-likeness (QED) is 0.579. The van der Waals surface area contributed by atoms with E-state index >= 15 is 0 Å². The summed E-state index contributed by atoms with van der Waals surface area (Å²) >= 11 is 0. The maximum Gasteiger partial charge on any atom is 0.224 e. The molecule has 0 heterocycles. The first-order chi connectivity index (χ1) is 8.54. The van der Waals surface area contributed by atoms with Gasteiger partial charge in [-0.3, -0.25) is 4.79 Å². The number of aliphatic hydroxyl groups excluding tert-OH is 1. The summed E-state index contributed by atoms with van der Waals surface area (Å²) in [5, 5.41) is 23.8. The van der Waals surface area contributed by atoms with Gasteiger partial charge >= 0.3 is 0 Å². The standard InChI is InChI=1S/C13H20N2O3/c1-3-6-12(16)15-11-8-5-4-7-10(11)14-9(2)13(17)18/h4-5,7-9,13-14,17-18H,3,6H2,1-2H3,(H,15,16)/t9-/m1/s1. The van der Waals surface area contributed by atoms with Gasteiger partial charge in [0.15, 0.2) is 6.29 Å². The van der Waals surface area contributed by atoms with E-state index in [0.717, 1.165) is 6.42 Å². The topological polar surface area (TPSA) is 81.6 Å². The minimum absolute atomic E-state index is 0.0519. The molecule has 18 heavy (non-hydrogen) atoms. The van der Waals surface area contributed by atoms with Crippen molar-refractivity contribution in [1.82, 2.24) is 0 Å². The lowest BCUT2D eigenvalue weighted by Gasteiger charge is -2.19. The Hall–Kier alpha value is -1.59. The average molecular weight is 252 g/mol. The Balaban J connectivity index is 2.76. The van der Waals surface area contributed by atoms with Crippen molar-refractivity contribution in [2.75, 3.05) is 10.6 Å². The summed E-state index contributed by atoms with van der Waals surface area (Å²) in [6, 6.07) is 6.66. The highest BCUT2D eigenvalue weighted by atomic mass is 16.5. The van der Waals surface area contributed by atoms with E-state index < -0.39 is 12.3 Å². The average Bonchev–Trinajstić information content (AvgIpc) is 2.31. The third-order valence-electron chi connectivity index (χ3n) is 2.51. The number of hydrogen-bond donors (Lipinski definition) is 4. The number of nitrogens with one attached hydrogen (secondary N) is 2. The highest BCUT2D eigenvalue weighted by molar-refractivity contribution is 5.94. The van der Waals surface area contributed by atoms with Crippen molar-refractivity contribution in [2.45, 2.75) is 39.0 Å². The lowest BCUT2D eigenvalue weighted by Crippen LogP contribution is -2.30. The second-order valence-corrected chi connectivity index (χ2v) is 4.19. The van der Waals surface area contributed by atoms with Gasteiger partial charge < -0.3 is 20.8 Å². The molecule has 4 N–H and O–H groups in total. The van der Waals surface area contributed by atoms with Crippen molar-refractivity contribution in [3.8, 4) is 0 Å². The van der Waals surface area contributed by atoms with Crippen LogP contribution in [0.1, 0.15) is 26.7 Å². The van der Waals surface area contributed by atoms with Crippen molar-refractivity contribution in [1.29, 1.82) is 0 Å². The maximum atomic E-state index is 11.5. The van der Waals surface area contributed by atoms with Crippen molar-refractivity contribution in [3.05, 3.63) is 24.3 Å². The van der Waals surface area contributed by atoms with Gasteiger partial charge in [0.1, 0.15) is 0 Å². The molecule has 1 amide bonds. The van der Waals surface area contributed by atoms with E-state index in [9.17, 15) is 4.79 Å². The smallest absolute Gasteiger partial charge is 0.224 e. The van der Waals surface area contributed by atoms with Gasteiger partial charge in [-0.1, -0.05) is 19.1 Å². The summed E-state index contributed by atoms with van der Waals surface area (Å²) in [7, 11) is 0. The van der Waals surface area contributed by atoms with E-state index in [-0.39, 0.29) is 5.91 Å². The zero-order chi connectivity index (χ0) is 13.5. The van der Waals surface area contributed by atoms with Crippen LogP contribution in [0.3, 0.4) is 0 Å². The van der Waals surface area contributed by atoms with E-state index in [2.05, 4.69) is 10.6 Å². The SMILES string of the molecule is CCCC(=O)Nc1ccccc1N[C@H](C)C(O)O. The molecule has 0 spiro atoms. The third-order valence-corrected chi connectivity index (χ3v) is 2.51. The summed E-state index contributed by atoms with van der Waals surface area (Å²) in [6.45, 7) is 3.59. The number of hydrogen-bond acceptors (Lipinski definition) is 4. The summed E-state index contributed by atoms with van der Waals surface area (Å²) in [4.78, 5) is 11.5. The van der Waals surface area contributed by atoms with Gasteiger partial charge in [-0.25, -0.2) is 0 Å². The van der Waals surface area contributed by atoms with Gasteiger partial charge in [0.25, 0.3) is 0 Å². The van der Waals surface area contributed by atoms with Crippen molar-refractivity contribution >= 4 is 17.3 Å². The second-order valence-electron chi connectivity index (χ2n) is 4.19. The van der Waals surface area contributed by atoms with Crippen LogP contribution in [0.4, 0.5) is 11.4 Å². The molecule has 100 valence electrons. The Bertz CT molecular complexity index is 394. The molecule has 0 aliphatic rings. The van der Waals surface area contributed by atoms with Crippen LogP contribution >= 0.6 is 0 Å². The Morgan fingerprint density at radius 1 is 1.28 bits per heavy atom. The molecule has 5 nitrogen and oxygen atoms in total. The number of carbonyl (C=O) groups is 1. The molecular weight excluding hydrogens is 232 g/mol. The number of para-hydroxylation sites is 2. The molecule has 0 fully saturated rings. The van der Waals surface area contributed by atoms with Crippen molar-refractivity contribution in [3.63, 3.8) is 0 Å². The van der Waals surface area contributed by atoms with Crippen LogP contribution in [0, 0.1) is 0 Å². The third kappa shape index (κ3) is 4.35. The van der Waals surface area contributed by atoms with Gasteiger partial charge in [-0.15, -0.1) is 0 Å². The number of benzene rings is 1. The van der Waals surface area contributed by atoms with Gasteiger partial charge in [0, 0.05) is 6.42 Å². The van der Waals surface area contributed by atoms with Crippen LogP contribution in [0.15, 0.2) is 24.3 Å². The largest absolute Gasteiger partial charge is 0.376 e. The maximum absolute atomic E-state index is 11.5. The highest BCUT2D eigenvalue weighted by Gasteiger charge is 2.12. The molecule has 0 unspecified atom stereocenters. The first-order valence-electron chi connectivity index (χ1n) is 6.06. The zero-order valence-corrected chi connectivity index (χ0v) is 10.7. The minimum atomic E-state index is -1.45. The van der Waals surface area contributed by atoms with E-state index in [1.54, 1.807) is 19.1 Å². The molecule has 5 heteroatoms. The van der Waals surface area contributed by atoms with Crippen LogP contribution in [-0.4, -0.2) is 28.5 Å². The lowest BCUT2D eigenvalue weighted by molar-refractivity contribution is -0.116. The Kier molecular flexibility index (Phi) is 5.61. The van der Waals surface area contributed by atoms with Gasteiger partial charge in [0.05, 0.1) is 17.4 Å². The van der Waals surface area contributed by atoms with E-state index in [0.29, 0.717) is 17.8 Å². The van der Waals surface area contributed by atoms with Gasteiger partial charge in [0.2, 0.25) is 5.91 Å². The Morgan fingerprint density at radius 3 is 2.44 bits per heavy atom. The zero-order valence-electron chi connectivity index (χ0n) is 10.7. The van der Waals surface area contributed by atoms with Crippen molar-refractivity contribution < 1.29 is 15.0 Å². The highest BCUT2D eigenvalue weighted by Crippen LogP contribution is 2.22. The fourth-order valence-corrected chi connectivity index (χ4v) is 1.48. The molecule has 1 aromatic rings. The molecular formula is C13H20N2O3. The van der Waals surface area contributed by atoms with E-state index in [4.69, 9.17) is 10.2 Å². The van der Waals surface area contributed by atoms with Crippen LogP contribution in [0.25, 0.3) is 0 Å². The number of amides is 1. The summed E-state index contributed by atoms with van der Waals surface area (Å²) in [6.07, 6.45) is -0.205. The molecule has 1 rings (SSSR count). The van der Waals surface area contributed by atoms with Gasteiger partial charge in [-0.2, -0.15) is 0 Å². The van der Waals surface area contributed by atoms with Crippen LogP contribution < -0.4 is 10.6 Å². The number of carbonyl (C=O) groups excluding carboxylic acids is 1. The Morgan fingerprint density at radius 2 is 1.89 bits per heavy atom. The molecule has 0 aliphatic carbocycles. The summed E-state index contributed by atoms with van der Waals surface area (Å²) < 4.78 is 0. The molecule has 0 bridgehead atoms. The first-order valence-corrected chi connectivity index (χ1v) is 6.06. The molecule has 1 atom stereocenters. The van der Waals surface area contributed by atoms with Crippen LogP contribution in [0.2, 0.25) is 0 Å². The monoisotopic (exact) mass is 252 g/mol. The first kappa shape index (κ1) is 14.5. The number of aliphatic hydroxyl groups is 2. The normalized spacial score (nSPS) is 12.3. The molecule has 0 saturated carbocycles. The van der Waals surface area contributed by atoms with E-state index in [1.807, 2.05) is 19.1 Å². The van der Waals surface area contributed by atoms with Gasteiger partial charge in [-0.05, 0) is 25.5 Å². The lowest BCUT2D eigenvalue weighted by atomic mass is 10.2. The van der Waals surface area contributed by atoms with Crippen molar-refractivity contribution in [2.24, 2.45) is 0 Å². The number of rotatable bonds is 6. The minimum Gasteiger partial charge on any atom is -0.376 e. The Labute approximate surface area is 107 Å². The molecule has 0 radical (unpaired) electrons. The summed E-state index contributed by atoms with van der Waals surface area (Å²) in [5.41, 5.74) is 1.31. The number of anilines is 2. The van der Waals surface area contributed by atoms with Crippen LogP contribution in [-0.2, 0) is 4.79 Å². The fourth-order valence-electron chi connectivity index (χ4n) is 1.48. The molecule has 1 aromatic carbocycles. The second kappa shape index (κ2) is 6.98. The molecule has 0 saturated heterocycles. The fraction of sp³-hybridized carbons (Fsp3) is 0.462. The predicted molar refractivity (Wildman–Crippen MR) is 71.3 cm³/mol. The molecule has 0 aromatic heterocycles. The summed E-state index contributed by atoms with van der Waals surface area (Å²) in [5.74, 6) is -0.0519. The predicted octanol–water partition coefficient (Wildman–Crippen LogP) is 1.54. The van der Waals surface area contributed by atoms with Crippen LogP contribution in [0.5, 0.6) is 0 Å². The molecule has 0 aliphatic heterocycles. The van der Waals surface area contributed by atoms with E-state index in [1.165, 1.54) is 0 Å².